The van der Waals surface area contributed by atoms with Crippen molar-refractivity contribution in [3.05, 3.63) is 36.0 Å². The van der Waals surface area contributed by atoms with Crippen LogP contribution in [0.4, 0.5) is 0 Å². The monoisotopic (exact) mass is 227 g/mol. The maximum absolute atomic E-state index is 2.55. The van der Waals surface area contributed by atoms with E-state index in [2.05, 4.69) is 42.0 Å². The fourth-order valence-corrected chi connectivity index (χ4v) is 3.22. The number of benzene rings is 1. The first-order chi connectivity index (χ1) is 8.40. The minimum atomic E-state index is 0.744. The third-order valence-corrected chi connectivity index (χ3v) is 4.17. The Labute approximate surface area is 103 Å². The van der Waals surface area contributed by atoms with Gasteiger partial charge in [-0.3, -0.25) is 0 Å². The van der Waals surface area contributed by atoms with E-state index >= 15 is 0 Å². The second-order valence-electron chi connectivity index (χ2n) is 5.22. The predicted molar refractivity (Wildman–Crippen MR) is 73.4 cm³/mol. The van der Waals surface area contributed by atoms with Gasteiger partial charge in [0.2, 0.25) is 0 Å². The molecule has 1 heterocycles. The zero-order valence-corrected chi connectivity index (χ0v) is 10.7. The van der Waals surface area contributed by atoms with E-state index in [1.54, 1.807) is 0 Å². The van der Waals surface area contributed by atoms with Crippen molar-refractivity contribution in [1.29, 1.82) is 0 Å². The Morgan fingerprint density at radius 3 is 2.65 bits per heavy atom. The van der Waals surface area contributed by atoms with Gasteiger partial charge < -0.3 is 4.57 Å². The van der Waals surface area contributed by atoms with Crippen LogP contribution in [0.2, 0.25) is 0 Å². The number of para-hydroxylation sites is 1. The smallest absolute Gasteiger partial charge is 0.0485 e. The molecule has 1 heteroatoms. The van der Waals surface area contributed by atoms with Gasteiger partial charge in [-0.15, -0.1) is 0 Å². The van der Waals surface area contributed by atoms with Gasteiger partial charge in [0.25, 0.3) is 0 Å². The van der Waals surface area contributed by atoms with E-state index in [1.165, 1.54) is 48.6 Å². The molecule has 0 aliphatic heterocycles. The molecule has 17 heavy (non-hydrogen) atoms. The number of hydrogen-bond acceptors (Lipinski definition) is 0. The highest BCUT2D eigenvalue weighted by Crippen LogP contribution is 2.33. The first-order valence-corrected chi connectivity index (χ1v) is 6.98. The van der Waals surface area contributed by atoms with Crippen LogP contribution in [0.15, 0.2) is 30.5 Å². The zero-order chi connectivity index (χ0) is 11.7. The van der Waals surface area contributed by atoms with Crippen LogP contribution >= 0.6 is 0 Å². The molecule has 0 bridgehead atoms. The maximum atomic E-state index is 2.55. The van der Waals surface area contributed by atoms with E-state index in [9.17, 15) is 0 Å². The largest absolute Gasteiger partial charge is 0.344 e. The molecular formula is C16H21N. The molecule has 90 valence electrons. The summed E-state index contributed by atoms with van der Waals surface area (Å²) in [7, 11) is 0. The number of rotatable bonds is 2. The summed E-state index contributed by atoms with van der Waals surface area (Å²) in [5, 5.41) is 1.46. The van der Waals surface area contributed by atoms with E-state index in [0.717, 1.165) is 12.5 Å². The van der Waals surface area contributed by atoms with Gasteiger partial charge in [0.15, 0.2) is 0 Å². The van der Waals surface area contributed by atoms with Crippen LogP contribution in [0.25, 0.3) is 10.9 Å². The predicted octanol–water partition coefficient (Wildman–Crippen LogP) is 4.71. The Morgan fingerprint density at radius 1 is 1.12 bits per heavy atom. The molecule has 0 radical (unpaired) electrons. The van der Waals surface area contributed by atoms with Crippen molar-refractivity contribution in [3.8, 4) is 0 Å². The van der Waals surface area contributed by atoms with Crippen LogP contribution in [-0.2, 0) is 6.42 Å². The number of hydrogen-bond donors (Lipinski definition) is 0. The third kappa shape index (κ3) is 1.88. The summed E-state index contributed by atoms with van der Waals surface area (Å²) >= 11 is 0. The molecule has 0 spiro atoms. The van der Waals surface area contributed by atoms with E-state index in [4.69, 9.17) is 0 Å². The Hall–Kier alpha value is -1.24. The lowest BCUT2D eigenvalue weighted by atomic mass is 9.95. The van der Waals surface area contributed by atoms with Crippen molar-refractivity contribution >= 4 is 10.9 Å². The van der Waals surface area contributed by atoms with Crippen molar-refractivity contribution in [2.24, 2.45) is 0 Å². The van der Waals surface area contributed by atoms with Crippen molar-refractivity contribution in [2.75, 3.05) is 0 Å². The Bertz CT molecular complexity index is 503. The summed E-state index contributed by atoms with van der Waals surface area (Å²) in [4.78, 5) is 0. The molecule has 1 saturated carbocycles. The first kappa shape index (κ1) is 10.9. The van der Waals surface area contributed by atoms with Gasteiger partial charge in [-0.1, -0.05) is 44.4 Å². The molecule has 1 aliphatic carbocycles. The van der Waals surface area contributed by atoms with E-state index in [-0.39, 0.29) is 0 Å². The maximum Gasteiger partial charge on any atom is 0.0485 e. The molecule has 0 N–H and O–H groups in total. The van der Waals surface area contributed by atoms with Crippen LogP contribution in [0, 0.1) is 0 Å². The first-order valence-electron chi connectivity index (χ1n) is 6.98. The summed E-state index contributed by atoms with van der Waals surface area (Å²) in [6, 6.07) is 9.62. The van der Waals surface area contributed by atoms with Crippen LogP contribution < -0.4 is 0 Å². The molecule has 1 aromatic carbocycles. The number of fused-ring (bicyclic) bond motifs is 1. The summed E-state index contributed by atoms with van der Waals surface area (Å²) in [6.07, 6.45) is 10.5. The molecule has 3 rings (SSSR count). The van der Waals surface area contributed by atoms with E-state index < -0.39 is 0 Å². The Kier molecular flexibility index (Phi) is 2.92. The summed E-state index contributed by atoms with van der Waals surface area (Å²) < 4.78 is 2.55. The molecule has 1 nitrogen and oxygen atoms in total. The van der Waals surface area contributed by atoms with Gasteiger partial charge in [-0.2, -0.15) is 0 Å². The molecule has 1 aliphatic rings. The summed E-state index contributed by atoms with van der Waals surface area (Å²) in [5.74, 6) is 0. The molecule has 0 unspecified atom stereocenters. The lowest BCUT2D eigenvalue weighted by molar-refractivity contribution is 0.360. The minimum absolute atomic E-state index is 0.744. The Balaban J connectivity index is 2.08. The van der Waals surface area contributed by atoms with Gasteiger partial charge in [0.05, 0.1) is 0 Å². The van der Waals surface area contributed by atoms with Crippen LogP contribution in [0.1, 0.15) is 50.6 Å². The van der Waals surface area contributed by atoms with Crippen LogP contribution in [0.3, 0.4) is 0 Å². The van der Waals surface area contributed by atoms with Crippen LogP contribution in [0.5, 0.6) is 0 Å². The lowest BCUT2D eigenvalue weighted by Gasteiger charge is -2.24. The quantitative estimate of drug-likeness (QED) is 0.700. The normalized spacial score (nSPS) is 17.7. The number of aryl methyl sites for hydroxylation is 1. The fourth-order valence-electron chi connectivity index (χ4n) is 3.22. The standard InChI is InChI=1S/C16H21N/c1-2-13-12-17(14-8-4-3-5-9-14)16-11-7-6-10-15(13)16/h6-7,10-12,14H,2-5,8-9H2,1H3. The van der Waals surface area contributed by atoms with Gasteiger partial charge in [0.1, 0.15) is 0 Å². The molecule has 0 atom stereocenters. The highest BCUT2D eigenvalue weighted by atomic mass is 15.0. The summed E-state index contributed by atoms with van der Waals surface area (Å²) in [6.45, 7) is 2.26. The molecule has 0 amide bonds. The SMILES string of the molecule is CCc1cn(C2CCCCC2)c2ccccc12. The molecule has 1 aromatic heterocycles. The van der Waals surface area contributed by atoms with Crippen LogP contribution in [-0.4, -0.2) is 4.57 Å². The summed E-state index contributed by atoms with van der Waals surface area (Å²) in [5.41, 5.74) is 2.95. The topological polar surface area (TPSA) is 4.93 Å². The zero-order valence-electron chi connectivity index (χ0n) is 10.7. The highest BCUT2D eigenvalue weighted by Gasteiger charge is 2.17. The third-order valence-electron chi connectivity index (χ3n) is 4.17. The second-order valence-corrected chi connectivity index (χ2v) is 5.22. The van der Waals surface area contributed by atoms with Gasteiger partial charge >= 0.3 is 0 Å². The van der Waals surface area contributed by atoms with E-state index in [1.807, 2.05) is 0 Å². The number of nitrogens with zero attached hydrogens (tertiary/aromatic N) is 1. The van der Waals surface area contributed by atoms with Gasteiger partial charge in [-0.05, 0) is 30.9 Å². The van der Waals surface area contributed by atoms with E-state index in [0.29, 0.717) is 0 Å². The highest BCUT2D eigenvalue weighted by molar-refractivity contribution is 5.84. The van der Waals surface area contributed by atoms with Crippen molar-refractivity contribution < 1.29 is 0 Å². The number of aromatic nitrogens is 1. The van der Waals surface area contributed by atoms with Gasteiger partial charge in [0, 0.05) is 23.1 Å². The fraction of sp³-hybridized carbons (Fsp3) is 0.500. The Morgan fingerprint density at radius 2 is 1.88 bits per heavy atom. The van der Waals surface area contributed by atoms with Gasteiger partial charge in [-0.25, -0.2) is 0 Å². The minimum Gasteiger partial charge on any atom is -0.344 e. The van der Waals surface area contributed by atoms with Crippen molar-refractivity contribution in [3.63, 3.8) is 0 Å². The van der Waals surface area contributed by atoms with Crippen molar-refractivity contribution in [2.45, 2.75) is 51.5 Å². The lowest BCUT2D eigenvalue weighted by Crippen LogP contribution is -2.11. The molecule has 2 aromatic rings. The molecule has 1 fully saturated rings. The average molecular weight is 227 g/mol. The molecular weight excluding hydrogens is 206 g/mol. The average Bonchev–Trinajstić information content (AvgIpc) is 2.78. The molecule has 0 saturated heterocycles. The second kappa shape index (κ2) is 4.56. The van der Waals surface area contributed by atoms with Crippen molar-refractivity contribution in [1.82, 2.24) is 4.57 Å².